The molecule has 3 rings (SSSR count). The van der Waals surface area contributed by atoms with Crippen molar-refractivity contribution in [1.82, 2.24) is 24.5 Å². The van der Waals surface area contributed by atoms with E-state index in [9.17, 15) is 0 Å². The molecule has 0 saturated heterocycles. The van der Waals surface area contributed by atoms with E-state index in [1.165, 1.54) is 0 Å². The van der Waals surface area contributed by atoms with E-state index in [4.69, 9.17) is 10.6 Å². The molecule has 3 aromatic rings. The number of imidazole rings is 1. The van der Waals surface area contributed by atoms with E-state index >= 15 is 0 Å². The van der Waals surface area contributed by atoms with Crippen LogP contribution >= 0.6 is 15.9 Å². The largest absolute Gasteiger partial charge is 0.424 e. The Balaban J connectivity index is 1.94. The predicted octanol–water partition coefficient (Wildman–Crippen LogP) is 1.90. The number of rotatable bonds is 4. The lowest BCUT2D eigenvalue weighted by atomic mass is 10.3. The average molecular weight is 348 g/mol. The number of halogens is 1. The third kappa shape index (κ3) is 3.15. The van der Waals surface area contributed by atoms with Crippen LogP contribution in [0.1, 0.15) is 0 Å². The Bertz CT molecular complexity index is 730. The predicted molar refractivity (Wildman–Crippen MR) is 79.0 cm³/mol. The summed E-state index contributed by atoms with van der Waals surface area (Å²) in [5.74, 6) is 6.51. The second kappa shape index (κ2) is 5.85. The number of benzene rings is 1. The quantitative estimate of drug-likeness (QED) is 0.548. The Morgan fingerprint density at radius 2 is 1.95 bits per heavy atom. The van der Waals surface area contributed by atoms with E-state index < -0.39 is 0 Å². The highest BCUT2D eigenvalue weighted by molar-refractivity contribution is 9.10. The minimum atomic E-state index is 0.129. The number of nitrogen functional groups attached to an aromatic ring is 1. The summed E-state index contributed by atoms with van der Waals surface area (Å²) in [6.07, 6.45) is 4.90. The Labute approximate surface area is 128 Å². The minimum Gasteiger partial charge on any atom is -0.424 e. The van der Waals surface area contributed by atoms with Crippen molar-refractivity contribution in [2.75, 3.05) is 5.43 Å². The Hall–Kier alpha value is -2.52. The van der Waals surface area contributed by atoms with Crippen molar-refractivity contribution >= 4 is 21.9 Å². The number of ether oxygens (including phenoxy) is 1. The standard InChI is InChI=1S/C12H10BrN7O/c13-8-1-3-9(4-2-8)21-12-17-10(19-14)16-11(18-12)20-6-5-15-7-20/h1-7H,14H2,(H,16,17,18,19). The number of hydrazine groups is 1. The smallest absolute Gasteiger partial charge is 0.328 e. The summed E-state index contributed by atoms with van der Waals surface area (Å²) in [7, 11) is 0. The van der Waals surface area contributed by atoms with Gasteiger partial charge in [-0.15, -0.1) is 0 Å². The zero-order valence-corrected chi connectivity index (χ0v) is 12.2. The normalized spacial score (nSPS) is 10.4. The van der Waals surface area contributed by atoms with Crippen LogP contribution in [0.4, 0.5) is 5.95 Å². The molecule has 21 heavy (non-hydrogen) atoms. The van der Waals surface area contributed by atoms with Crippen molar-refractivity contribution < 1.29 is 4.74 Å². The van der Waals surface area contributed by atoms with Crippen LogP contribution in [0.2, 0.25) is 0 Å². The van der Waals surface area contributed by atoms with Gasteiger partial charge in [0.1, 0.15) is 12.1 Å². The van der Waals surface area contributed by atoms with Crippen LogP contribution in [0.5, 0.6) is 11.8 Å². The number of aromatic nitrogens is 5. The molecule has 0 saturated carbocycles. The fourth-order valence-electron chi connectivity index (χ4n) is 1.56. The first-order chi connectivity index (χ1) is 10.2. The molecule has 0 aliphatic rings. The SMILES string of the molecule is NNc1nc(Oc2ccc(Br)cc2)nc(-n2ccnc2)n1. The van der Waals surface area contributed by atoms with Crippen molar-refractivity contribution in [3.63, 3.8) is 0 Å². The van der Waals surface area contributed by atoms with Gasteiger partial charge in [0.2, 0.25) is 11.9 Å². The highest BCUT2D eigenvalue weighted by atomic mass is 79.9. The van der Waals surface area contributed by atoms with Crippen LogP contribution in [-0.2, 0) is 0 Å². The van der Waals surface area contributed by atoms with Gasteiger partial charge in [0.25, 0.3) is 0 Å². The number of hydrogen-bond acceptors (Lipinski definition) is 7. The van der Waals surface area contributed by atoms with E-state index in [0.29, 0.717) is 11.7 Å². The van der Waals surface area contributed by atoms with E-state index in [0.717, 1.165) is 4.47 Å². The maximum absolute atomic E-state index is 5.60. The second-order valence-corrected chi connectivity index (χ2v) is 4.83. The van der Waals surface area contributed by atoms with Crippen molar-refractivity contribution in [2.24, 2.45) is 5.84 Å². The van der Waals surface area contributed by atoms with Crippen molar-refractivity contribution in [1.29, 1.82) is 0 Å². The average Bonchev–Trinajstić information content (AvgIpc) is 3.04. The summed E-state index contributed by atoms with van der Waals surface area (Å²) in [5.41, 5.74) is 2.38. The van der Waals surface area contributed by atoms with Crippen LogP contribution in [0.3, 0.4) is 0 Å². The van der Waals surface area contributed by atoms with Gasteiger partial charge in [-0.1, -0.05) is 15.9 Å². The molecular weight excluding hydrogens is 338 g/mol. The fourth-order valence-corrected chi connectivity index (χ4v) is 1.82. The highest BCUT2D eigenvalue weighted by Gasteiger charge is 2.09. The molecule has 0 atom stereocenters. The monoisotopic (exact) mass is 347 g/mol. The molecule has 2 heterocycles. The molecule has 106 valence electrons. The van der Waals surface area contributed by atoms with Gasteiger partial charge in [0, 0.05) is 16.9 Å². The molecule has 3 N–H and O–H groups in total. The Morgan fingerprint density at radius 3 is 2.62 bits per heavy atom. The molecule has 8 nitrogen and oxygen atoms in total. The van der Waals surface area contributed by atoms with Gasteiger partial charge in [-0.2, -0.15) is 15.0 Å². The molecule has 0 aliphatic carbocycles. The van der Waals surface area contributed by atoms with E-state index in [1.807, 2.05) is 12.1 Å². The van der Waals surface area contributed by atoms with E-state index in [-0.39, 0.29) is 12.0 Å². The van der Waals surface area contributed by atoms with E-state index in [1.54, 1.807) is 35.4 Å². The number of nitrogens with zero attached hydrogens (tertiary/aromatic N) is 5. The summed E-state index contributed by atoms with van der Waals surface area (Å²) in [4.78, 5) is 16.3. The van der Waals surface area contributed by atoms with Crippen molar-refractivity contribution in [3.8, 4) is 17.7 Å². The maximum atomic E-state index is 5.60. The third-order valence-corrected chi connectivity index (χ3v) is 3.02. The summed E-state index contributed by atoms with van der Waals surface area (Å²) in [5, 5.41) is 0. The van der Waals surface area contributed by atoms with Crippen LogP contribution in [0, 0.1) is 0 Å². The van der Waals surface area contributed by atoms with Crippen molar-refractivity contribution in [3.05, 3.63) is 47.5 Å². The van der Waals surface area contributed by atoms with Gasteiger partial charge >= 0.3 is 6.01 Å². The first-order valence-corrected chi connectivity index (χ1v) is 6.68. The minimum absolute atomic E-state index is 0.129. The lowest BCUT2D eigenvalue weighted by Gasteiger charge is -2.07. The topological polar surface area (TPSA) is 104 Å². The van der Waals surface area contributed by atoms with Crippen LogP contribution < -0.4 is 16.0 Å². The molecule has 0 fully saturated rings. The van der Waals surface area contributed by atoms with Gasteiger partial charge in [-0.05, 0) is 24.3 Å². The van der Waals surface area contributed by atoms with Gasteiger partial charge < -0.3 is 4.74 Å². The third-order valence-electron chi connectivity index (χ3n) is 2.49. The number of anilines is 1. The second-order valence-electron chi connectivity index (χ2n) is 3.91. The highest BCUT2D eigenvalue weighted by Crippen LogP contribution is 2.21. The summed E-state index contributed by atoms with van der Waals surface area (Å²) in [6, 6.07) is 7.43. The summed E-state index contributed by atoms with van der Waals surface area (Å²) in [6.45, 7) is 0. The molecule has 0 radical (unpaired) electrons. The van der Waals surface area contributed by atoms with Gasteiger partial charge in [-0.3, -0.25) is 9.99 Å². The lowest BCUT2D eigenvalue weighted by Crippen LogP contribution is -2.13. The van der Waals surface area contributed by atoms with Gasteiger partial charge in [-0.25, -0.2) is 10.8 Å². The Kier molecular flexibility index (Phi) is 3.75. The molecule has 2 aromatic heterocycles. The van der Waals surface area contributed by atoms with Crippen LogP contribution in [-0.4, -0.2) is 24.5 Å². The maximum Gasteiger partial charge on any atom is 0.328 e. The zero-order chi connectivity index (χ0) is 14.7. The van der Waals surface area contributed by atoms with Gasteiger partial charge in [0.15, 0.2) is 0 Å². The summed E-state index contributed by atoms with van der Waals surface area (Å²) < 4.78 is 8.18. The molecule has 0 unspecified atom stereocenters. The number of nitrogens with one attached hydrogen (secondary N) is 1. The van der Waals surface area contributed by atoms with Gasteiger partial charge in [0.05, 0.1) is 0 Å². The zero-order valence-electron chi connectivity index (χ0n) is 10.6. The van der Waals surface area contributed by atoms with E-state index in [2.05, 4.69) is 41.3 Å². The first kappa shape index (κ1) is 13.5. The van der Waals surface area contributed by atoms with Crippen LogP contribution in [0.15, 0.2) is 47.5 Å². The molecule has 1 aromatic carbocycles. The molecule has 0 spiro atoms. The number of hydrogen-bond donors (Lipinski definition) is 2. The molecule has 0 bridgehead atoms. The first-order valence-electron chi connectivity index (χ1n) is 5.89. The molecular formula is C12H10BrN7O. The lowest BCUT2D eigenvalue weighted by molar-refractivity contribution is 0.439. The summed E-state index contributed by atoms with van der Waals surface area (Å²) >= 11 is 3.36. The Morgan fingerprint density at radius 1 is 1.14 bits per heavy atom. The number of nitrogens with two attached hydrogens (primary N) is 1. The molecule has 9 heteroatoms. The fraction of sp³-hybridized carbons (Fsp3) is 0. The van der Waals surface area contributed by atoms with Crippen molar-refractivity contribution in [2.45, 2.75) is 0 Å². The molecule has 0 aliphatic heterocycles. The molecule has 0 amide bonds. The van der Waals surface area contributed by atoms with Crippen LogP contribution in [0.25, 0.3) is 5.95 Å².